The van der Waals surface area contributed by atoms with Gasteiger partial charge < -0.3 is 24.1 Å². The predicted octanol–water partition coefficient (Wildman–Crippen LogP) is 2.03. The molecule has 1 fully saturated rings. The minimum atomic E-state index is -1.10. The number of nitrogens with zero attached hydrogens (tertiary/aromatic N) is 4. The first-order chi connectivity index (χ1) is 18.6. The number of aliphatic hydroxyl groups excluding tert-OH is 1. The molecular formula is C27H26N4O7. The van der Waals surface area contributed by atoms with Gasteiger partial charge in [0.1, 0.15) is 12.4 Å². The van der Waals surface area contributed by atoms with E-state index < -0.39 is 43.1 Å². The largest absolute Gasteiger partial charge is 0.479 e. The number of carbonyl (C=O) groups is 2. The summed E-state index contributed by atoms with van der Waals surface area (Å²) >= 11 is 0. The summed E-state index contributed by atoms with van der Waals surface area (Å²) in [6, 6.07) is 18.2. The van der Waals surface area contributed by atoms with Crippen LogP contribution in [0.15, 0.2) is 73.3 Å². The molecule has 1 saturated heterocycles. The van der Waals surface area contributed by atoms with E-state index in [0.717, 1.165) is 11.1 Å². The quantitative estimate of drug-likeness (QED) is 0.328. The lowest BCUT2D eigenvalue weighted by Gasteiger charge is -2.24. The number of hydrogen-bond donors (Lipinski definition) is 1. The van der Waals surface area contributed by atoms with Crippen LogP contribution in [-0.2, 0) is 36.6 Å². The summed E-state index contributed by atoms with van der Waals surface area (Å²) in [5, 5.41) is 10.1. The van der Waals surface area contributed by atoms with Crippen LogP contribution < -0.4 is 4.74 Å². The number of aromatic nitrogens is 4. The molecule has 0 unspecified atom stereocenters. The van der Waals surface area contributed by atoms with Gasteiger partial charge in [-0.3, -0.25) is 14.2 Å². The Morgan fingerprint density at radius 1 is 0.895 bits per heavy atom. The number of fused-ring (bicyclic) bond motifs is 1. The standard InChI is InChI=1S/C27H26N4O7/c1-35-26-22-25(28-15-29-26)31(16-30-22)27-24(38-21(34)13-18-10-6-3-7-11-18)23(19(14-32)36-27)37-20(33)12-17-8-4-2-5-9-17/h2-11,15-16,19,23-24,27,32H,12-14H2,1H3/t19-,23-,24+,27-/m1/s1. The molecule has 38 heavy (non-hydrogen) atoms. The Hall–Kier alpha value is -4.35. The number of imidazole rings is 1. The van der Waals surface area contributed by atoms with Crippen molar-refractivity contribution in [3.8, 4) is 5.88 Å². The minimum absolute atomic E-state index is 0.000791. The van der Waals surface area contributed by atoms with Crippen LogP contribution in [0.25, 0.3) is 11.2 Å². The maximum Gasteiger partial charge on any atom is 0.310 e. The molecule has 1 N–H and O–H groups in total. The fourth-order valence-electron chi connectivity index (χ4n) is 4.42. The van der Waals surface area contributed by atoms with Gasteiger partial charge in [-0.05, 0) is 11.1 Å². The van der Waals surface area contributed by atoms with Crippen LogP contribution in [0, 0.1) is 0 Å². The molecule has 11 nitrogen and oxygen atoms in total. The average Bonchev–Trinajstić information content (AvgIpc) is 3.51. The van der Waals surface area contributed by atoms with Gasteiger partial charge >= 0.3 is 11.9 Å². The van der Waals surface area contributed by atoms with Crippen molar-refractivity contribution >= 4 is 23.1 Å². The molecular weight excluding hydrogens is 492 g/mol. The molecule has 3 heterocycles. The second-order valence-electron chi connectivity index (χ2n) is 8.69. The Morgan fingerprint density at radius 3 is 2.08 bits per heavy atom. The van der Waals surface area contributed by atoms with Crippen molar-refractivity contribution in [1.29, 1.82) is 0 Å². The highest BCUT2D eigenvalue weighted by molar-refractivity contribution is 5.76. The molecule has 1 aliphatic rings. The van der Waals surface area contributed by atoms with Crippen LogP contribution in [0.2, 0.25) is 0 Å². The molecule has 0 radical (unpaired) electrons. The van der Waals surface area contributed by atoms with Gasteiger partial charge in [-0.25, -0.2) is 9.97 Å². The molecule has 0 saturated carbocycles. The molecule has 4 aromatic rings. The third-order valence-corrected chi connectivity index (χ3v) is 6.18. The first-order valence-electron chi connectivity index (χ1n) is 12.0. The third-order valence-electron chi connectivity index (χ3n) is 6.18. The van der Waals surface area contributed by atoms with Crippen molar-refractivity contribution in [3.63, 3.8) is 0 Å². The van der Waals surface area contributed by atoms with Gasteiger partial charge in [0.15, 0.2) is 29.6 Å². The highest BCUT2D eigenvalue weighted by Gasteiger charge is 2.50. The second kappa shape index (κ2) is 11.4. The zero-order valence-corrected chi connectivity index (χ0v) is 20.5. The maximum atomic E-state index is 13.0. The summed E-state index contributed by atoms with van der Waals surface area (Å²) in [7, 11) is 1.46. The van der Waals surface area contributed by atoms with E-state index in [1.807, 2.05) is 48.5 Å². The Morgan fingerprint density at radius 2 is 1.50 bits per heavy atom. The highest BCUT2D eigenvalue weighted by Crippen LogP contribution is 2.36. The van der Waals surface area contributed by atoms with Crippen molar-refractivity contribution in [2.45, 2.75) is 37.4 Å². The van der Waals surface area contributed by atoms with Crippen LogP contribution in [-0.4, -0.2) is 68.6 Å². The Balaban J connectivity index is 1.45. The Labute approximate surface area is 218 Å². The van der Waals surface area contributed by atoms with E-state index in [4.69, 9.17) is 18.9 Å². The number of rotatable bonds is 9. The lowest BCUT2D eigenvalue weighted by molar-refractivity contribution is -0.167. The smallest absolute Gasteiger partial charge is 0.310 e. The average molecular weight is 519 g/mol. The number of esters is 2. The van der Waals surface area contributed by atoms with Crippen molar-refractivity contribution in [3.05, 3.63) is 84.4 Å². The minimum Gasteiger partial charge on any atom is -0.479 e. The number of carbonyl (C=O) groups excluding carboxylic acids is 2. The van der Waals surface area contributed by atoms with E-state index in [9.17, 15) is 14.7 Å². The maximum absolute atomic E-state index is 13.0. The summed E-state index contributed by atoms with van der Waals surface area (Å²) in [4.78, 5) is 38.6. The second-order valence-corrected chi connectivity index (χ2v) is 8.69. The summed E-state index contributed by atoms with van der Waals surface area (Å²) in [5.41, 5.74) is 2.25. The monoisotopic (exact) mass is 518 g/mol. The van der Waals surface area contributed by atoms with E-state index in [-0.39, 0.29) is 18.7 Å². The summed E-state index contributed by atoms with van der Waals surface area (Å²) < 4.78 is 24.6. The number of aliphatic hydroxyl groups is 1. The van der Waals surface area contributed by atoms with E-state index in [1.54, 1.807) is 16.7 Å². The highest BCUT2D eigenvalue weighted by atomic mass is 16.6. The molecule has 196 valence electrons. The Kier molecular flexibility index (Phi) is 7.57. The van der Waals surface area contributed by atoms with Gasteiger partial charge in [-0.1, -0.05) is 60.7 Å². The van der Waals surface area contributed by atoms with Crippen molar-refractivity contribution in [2.24, 2.45) is 0 Å². The molecule has 0 bridgehead atoms. The molecule has 2 aromatic heterocycles. The molecule has 2 aromatic carbocycles. The van der Waals surface area contributed by atoms with Crippen LogP contribution >= 0.6 is 0 Å². The van der Waals surface area contributed by atoms with Crippen LogP contribution in [0.4, 0.5) is 0 Å². The third kappa shape index (κ3) is 5.34. The van der Waals surface area contributed by atoms with E-state index in [2.05, 4.69) is 15.0 Å². The van der Waals surface area contributed by atoms with Crippen molar-refractivity contribution in [1.82, 2.24) is 19.5 Å². The normalized spacial score (nSPS) is 20.8. The number of methoxy groups -OCH3 is 1. The summed E-state index contributed by atoms with van der Waals surface area (Å²) in [6.07, 6.45) is -1.37. The summed E-state index contributed by atoms with van der Waals surface area (Å²) in [5.74, 6) is -0.837. The van der Waals surface area contributed by atoms with Crippen molar-refractivity contribution < 1.29 is 33.6 Å². The van der Waals surface area contributed by atoms with E-state index in [0.29, 0.717) is 11.2 Å². The fraction of sp³-hybridized carbons (Fsp3) is 0.296. The zero-order chi connectivity index (χ0) is 26.5. The van der Waals surface area contributed by atoms with E-state index >= 15 is 0 Å². The fourth-order valence-corrected chi connectivity index (χ4v) is 4.42. The molecule has 4 atom stereocenters. The van der Waals surface area contributed by atoms with Gasteiger partial charge in [-0.15, -0.1) is 0 Å². The molecule has 0 aliphatic carbocycles. The predicted molar refractivity (Wildman–Crippen MR) is 133 cm³/mol. The lowest BCUT2D eigenvalue weighted by Crippen LogP contribution is -2.41. The van der Waals surface area contributed by atoms with Crippen LogP contribution in [0.5, 0.6) is 5.88 Å². The first-order valence-corrected chi connectivity index (χ1v) is 12.0. The number of ether oxygens (including phenoxy) is 4. The molecule has 1 aliphatic heterocycles. The van der Waals surface area contributed by atoms with Gasteiger partial charge in [0.2, 0.25) is 5.88 Å². The zero-order valence-electron chi connectivity index (χ0n) is 20.5. The molecule has 5 rings (SSSR count). The Bertz CT molecular complexity index is 1400. The van der Waals surface area contributed by atoms with Gasteiger partial charge in [0.05, 0.1) is 32.9 Å². The van der Waals surface area contributed by atoms with Gasteiger partial charge in [0.25, 0.3) is 0 Å². The molecule has 0 spiro atoms. The van der Waals surface area contributed by atoms with E-state index in [1.165, 1.54) is 19.8 Å². The van der Waals surface area contributed by atoms with Crippen LogP contribution in [0.1, 0.15) is 17.4 Å². The SMILES string of the molecule is COc1ncnc2c1ncn2[C@@H]1O[C@H](CO)[C@@H](OC(=O)Cc2ccccc2)[C@@H]1OC(=O)Cc1ccccc1. The van der Waals surface area contributed by atoms with Gasteiger partial charge in [-0.2, -0.15) is 4.98 Å². The number of hydrogen-bond acceptors (Lipinski definition) is 10. The molecule has 0 amide bonds. The lowest BCUT2D eigenvalue weighted by atomic mass is 10.1. The molecule has 11 heteroatoms. The summed E-state index contributed by atoms with van der Waals surface area (Å²) in [6.45, 7) is -0.475. The first kappa shape index (κ1) is 25.3. The number of benzene rings is 2. The van der Waals surface area contributed by atoms with Crippen LogP contribution in [0.3, 0.4) is 0 Å². The topological polar surface area (TPSA) is 135 Å². The van der Waals surface area contributed by atoms with Gasteiger partial charge in [0, 0.05) is 0 Å². The van der Waals surface area contributed by atoms with Crippen molar-refractivity contribution in [2.75, 3.05) is 13.7 Å².